The van der Waals surface area contributed by atoms with Crippen LogP contribution >= 0.6 is 0 Å². The van der Waals surface area contributed by atoms with Crippen molar-refractivity contribution in [1.29, 1.82) is 0 Å². The summed E-state index contributed by atoms with van der Waals surface area (Å²) in [5, 5.41) is 5.99. The van der Waals surface area contributed by atoms with E-state index in [9.17, 15) is 0 Å². The van der Waals surface area contributed by atoms with E-state index in [1.807, 2.05) is 6.92 Å². The number of nitrogens with one attached hydrogen (secondary N) is 1. The number of rotatable bonds is 9. The lowest BCUT2D eigenvalue weighted by molar-refractivity contribution is 0.110. The van der Waals surface area contributed by atoms with Crippen molar-refractivity contribution in [3.8, 4) is 5.75 Å². The van der Waals surface area contributed by atoms with Gasteiger partial charge in [-0.15, -0.1) is 0 Å². The van der Waals surface area contributed by atoms with Gasteiger partial charge in [-0.3, -0.25) is 0 Å². The molecular weight excluding hydrogens is 262 g/mol. The molecule has 0 atom stereocenters. The van der Waals surface area contributed by atoms with Crippen LogP contribution in [0.25, 0.3) is 10.8 Å². The van der Waals surface area contributed by atoms with Gasteiger partial charge in [0.1, 0.15) is 12.4 Å². The monoisotopic (exact) mass is 287 g/mol. The lowest BCUT2D eigenvalue weighted by atomic mass is 10.0. The molecule has 0 unspecified atom stereocenters. The molecule has 0 fully saturated rings. The van der Waals surface area contributed by atoms with Gasteiger partial charge in [-0.1, -0.05) is 37.3 Å². The topological polar surface area (TPSA) is 30.5 Å². The zero-order chi connectivity index (χ0) is 14.9. The van der Waals surface area contributed by atoms with Crippen molar-refractivity contribution in [1.82, 2.24) is 5.32 Å². The fraction of sp³-hybridized carbons (Fsp3) is 0.444. The van der Waals surface area contributed by atoms with E-state index in [2.05, 4.69) is 48.6 Å². The first kappa shape index (κ1) is 15.8. The Morgan fingerprint density at radius 3 is 2.67 bits per heavy atom. The zero-order valence-corrected chi connectivity index (χ0v) is 13.0. The predicted octanol–water partition coefficient (Wildman–Crippen LogP) is 3.75. The Kier molecular flexibility index (Phi) is 6.51. The fourth-order valence-electron chi connectivity index (χ4n) is 2.38. The summed E-state index contributed by atoms with van der Waals surface area (Å²) >= 11 is 0. The number of hydrogen-bond donors (Lipinski definition) is 1. The molecule has 0 bridgehead atoms. The molecule has 0 aliphatic rings. The van der Waals surface area contributed by atoms with Gasteiger partial charge >= 0.3 is 0 Å². The van der Waals surface area contributed by atoms with Gasteiger partial charge in [0.2, 0.25) is 0 Å². The first-order chi connectivity index (χ1) is 10.4. The van der Waals surface area contributed by atoms with Crippen LogP contribution < -0.4 is 10.1 Å². The minimum atomic E-state index is 0.590. The van der Waals surface area contributed by atoms with Crippen LogP contribution in [-0.4, -0.2) is 26.4 Å². The summed E-state index contributed by atoms with van der Waals surface area (Å²) in [5.41, 5.74) is 1.23. The number of ether oxygens (including phenoxy) is 2. The van der Waals surface area contributed by atoms with Crippen LogP contribution in [0.2, 0.25) is 0 Å². The molecule has 114 valence electrons. The van der Waals surface area contributed by atoms with Crippen molar-refractivity contribution < 1.29 is 9.47 Å². The minimum Gasteiger partial charge on any atom is -0.491 e. The normalized spacial score (nSPS) is 11.0. The van der Waals surface area contributed by atoms with E-state index in [-0.39, 0.29) is 0 Å². The van der Waals surface area contributed by atoms with Crippen LogP contribution in [0.15, 0.2) is 36.4 Å². The molecule has 0 amide bonds. The van der Waals surface area contributed by atoms with E-state index < -0.39 is 0 Å². The summed E-state index contributed by atoms with van der Waals surface area (Å²) in [5.74, 6) is 0.956. The average Bonchev–Trinajstić information content (AvgIpc) is 2.53. The maximum Gasteiger partial charge on any atom is 0.124 e. The second kappa shape index (κ2) is 8.65. The van der Waals surface area contributed by atoms with Crippen LogP contribution in [0, 0.1) is 0 Å². The molecule has 1 N–H and O–H groups in total. The van der Waals surface area contributed by atoms with E-state index >= 15 is 0 Å². The van der Waals surface area contributed by atoms with Crippen molar-refractivity contribution in [2.24, 2.45) is 0 Å². The van der Waals surface area contributed by atoms with Crippen LogP contribution in [0.1, 0.15) is 25.8 Å². The maximum atomic E-state index is 5.91. The Hall–Kier alpha value is -1.58. The third-order valence-corrected chi connectivity index (χ3v) is 3.42. The highest BCUT2D eigenvalue weighted by atomic mass is 16.5. The fourth-order valence-corrected chi connectivity index (χ4v) is 2.38. The van der Waals surface area contributed by atoms with Crippen LogP contribution in [0.4, 0.5) is 0 Å². The average molecular weight is 287 g/mol. The summed E-state index contributed by atoms with van der Waals surface area (Å²) in [4.78, 5) is 0. The number of benzene rings is 2. The highest BCUT2D eigenvalue weighted by molar-refractivity contribution is 5.87. The molecule has 2 aromatic rings. The molecule has 3 heteroatoms. The quantitative estimate of drug-likeness (QED) is 0.712. The first-order valence-electron chi connectivity index (χ1n) is 7.78. The molecule has 21 heavy (non-hydrogen) atoms. The van der Waals surface area contributed by atoms with Gasteiger partial charge in [-0.2, -0.15) is 0 Å². The van der Waals surface area contributed by atoms with Crippen LogP contribution in [-0.2, 0) is 11.3 Å². The molecule has 3 nitrogen and oxygen atoms in total. The van der Waals surface area contributed by atoms with E-state index in [1.54, 1.807) is 0 Å². The molecule has 0 aromatic heterocycles. The Balaban J connectivity index is 2.18. The van der Waals surface area contributed by atoms with Gasteiger partial charge in [-0.25, -0.2) is 0 Å². The van der Waals surface area contributed by atoms with Gasteiger partial charge in [0.15, 0.2) is 0 Å². The van der Waals surface area contributed by atoms with Crippen LogP contribution in [0.3, 0.4) is 0 Å². The SMILES string of the molecule is CCCNCc1c(OCCOCC)ccc2ccccc12. The Morgan fingerprint density at radius 1 is 1.00 bits per heavy atom. The molecule has 0 saturated carbocycles. The molecule has 0 saturated heterocycles. The molecule has 0 spiro atoms. The summed E-state index contributed by atoms with van der Waals surface area (Å²) < 4.78 is 11.3. The molecule has 2 aromatic carbocycles. The van der Waals surface area contributed by atoms with Gasteiger partial charge in [0, 0.05) is 18.7 Å². The van der Waals surface area contributed by atoms with Gasteiger partial charge in [0.05, 0.1) is 6.61 Å². The minimum absolute atomic E-state index is 0.590. The Bertz CT molecular complexity index is 554. The molecule has 0 aliphatic heterocycles. The third kappa shape index (κ3) is 4.45. The Labute approximate surface area is 127 Å². The van der Waals surface area contributed by atoms with Crippen molar-refractivity contribution in [2.75, 3.05) is 26.4 Å². The van der Waals surface area contributed by atoms with Crippen LogP contribution in [0.5, 0.6) is 5.75 Å². The standard InChI is InChI=1S/C18H25NO2/c1-3-11-19-14-17-16-8-6-5-7-15(16)9-10-18(17)21-13-12-20-4-2/h5-10,19H,3-4,11-14H2,1-2H3. The van der Waals surface area contributed by atoms with Gasteiger partial charge < -0.3 is 14.8 Å². The van der Waals surface area contributed by atoms with E-state index in [0.717, 1.165) is 31.9 Å². The molecule has 0 aliphatic carbocycles. The lowest BCUT2D eigenvalue weighted by Gasteiger charge is -2.15. The summed E-state index contributed by atoms with van der Waals surface area (Å²) in [6.07, 6.45) is 1.13. The third-order valence-electron chi connectivity index (χ3n) is 3.42. The van der Waals surface area contributed by atoms with E-state index in [1.165, 1.54) is 16.3 Å². The summed E-state index contributed by atoms with van der Waals surface area (Å²) in [6, 6.07) is 12.6. The van der Waals surface area contributed by atoms with E-state index in [4.69, 9.17) is 9.47 Å². The highest BCUT2D eigenvalue weighted by Crippen LogP contribution is 2.28. The number of hydrogen-bond acceptors (Lipinski definition) is 3. The summed E-state index contributed by atoms with van der Waals surface area (Å²) in [7, 11) is 0. The maximum absolute atomic E-state index is 5.91. The predicted molar refractivity (Wildman–Crippen MR) is 87.9 cm³/mol. The molecule has 0 radical (unpaired) electrons. The zero-order valence-electron chi connectivity index (χ0n) is 13.0. The van der Waals surface area contributed by atoms with Crippen molar-refractivity contribution in [2.45, 2.75) is 26.8 Å². The van der Waals surface area contributed by atoms with Gasteiger partial charge in [0.25, 0.3) is 0 Å². The largest absolute Gasteiger partial charge is 0.491 e. The van der Waals surface area contributed by atoms with Crippen molar-refractivity contribution in [3.63, 3.8) is 0 Å². The Morgan fingerprint density at radius 2 is 1.86 bits per heavy atom. The number of fused-ring (bicyclic) bond motifs is 1. The van der Waals surface area contributed by atoms with Crippen molar-refractivity contribution in [3.05, 3.63) is 42.0 Å². The molecular formula is C18H25NO2. The highest BCUT2D eigenvalue weighted by Gasteiger charge is 2.08. The molecule has 2 rings (SSSR count). The van der Waals surface area contributed by atoms with E-state index in [0.29, 0.717) is 13.2 Å². The second-order valence-corrected chi connectivity index (χ2v) is 4.99. The van der Waals surface area contributed by atoms with Gasteiger partial charge in [-0.05, 0) is 36.7 Å². The lowest BCUT2D eigenvalue weighted by Crippen LogP contribution is -2.16. The van der Waals surface area contributed by atoms with Crippen molar-refractivity contribution >= 4 is 10.8 Å². The first-order valence-corrected chi connectivity index (χ1v) is 7.78. The summed E-state index contributed by atoms with van der Waals surface area (Å²) in [6.45, 7) is 7.97. The smallest absolute Gasteiger partial charge is 0.124 e. The second-order valence-electron chi connectivity index (χ2n) is 4.99. The molecule has 0 heterocycles.